The molecule has 2 aliphatic heterocycles. The number of nitrogens with one attached hydrogen (secondary N) is 1. The average Bonchev–Trinajstić information content (AvgIpc) is 2.82. The molecule has 2 heterocycles. The van der Waals surface area contributed by atoms with Gasteiger partial charge in [0.05, 0.1) is 5.41 Å². The number of benzene rings is 1. The lowest BCUT2D eigenvalue weighted by molar-refractivity contribution is -0.139. The fourth-order valence-corrected chi connectivity index (χ4v) is 3.93. The van der Waals surface area contributed by atoms with E-state index in [2.05, 4.69) is 5.32 Å². The smallest absolute Gasteiger partial charge is 0.253 e. The molecular weight excluding hydrogens is 330 g/mol. The molecule has 1 aromatic carbocycles. The van der Waals surface area contributed by atoms with Gasteiger partial charge in [0.1, 0.15) is 0 Å². The number of amides is 3. The van der Waals surface area contributed by atoms with Gasteiger partial charge in [-0.05, 0) is 50.5 Å². The molecule has 138 valence electrons. The molecule has 0 atom stereocenters. The van der Waals surface area contributed by atoms with Crippen LogP contribution in [0.25, 0.3) is 0 Å². The second-order valence-electron chi connectivity index (χ2n) is 8.08. The van der Waals surface area contributed by atoms with Crippen LogP contribution in [0.4, 0.5) is 5.69 Å². The van der Waals surface area contributed by atoms with Crippen molar-refractivity contribution in [3.63, 3.8) is 0 Å². The molecule has 6 nitrogen and oxygen atoms in total. The van der Waals surface area contributed by atoms with Crippen molar-refractivity contribution in [2.75, 3.05) is 31.5 Å². The normalized spacial score (nSPS) is 21.8. The molecular formula is C20H25N3O3. The Labute approximate surface area is 153 Å². The Hall–Kier alpha value is -2.37. The van der Waals surface area contributed by atoms with Crippen LogP contribution in [-0.4, -0.2) is 53.7 Å². The van der Waals surface area contributed by atoms with E-state index in [1.54, 1.807) is 6.07 Å². The zero-order chi connectivity index (χ0) is 18.5. The van der Waals surface area contributed by atoms with E-state index in [9.17, 15) is 14.4 Å². The number of rotatable bonds is 2. The summed E-state index contributed by atoms with van der Waals surface area (Å²) in [6.45, 7) is 6.08. The van der Waals surface area contributed by atoms with E-state index in [4.69, 9.17) is 0 Å². The monoisotopic (exact) mass is 355 g/mol. The first-order chi connectivity index (χ1) is 12.4. The third-order valence-corrected chi connectivity index (χ3v) is 6.09. The van der Waals surface area contributed by atoms with Crippen LogP contribution >= 0.6 is 0 Å². The lowest BCUT2D eigenvalue weighted by Gasteiger charge is -2.38. The van der Waals surface area contributed by atoms with Crippen molar-refractivity contribution in [1.82, 2.24) is 9.80 Å². The molecule has 1 saturated heterocycles. The average molecular weight is 355 g/mol. The van der Waals surface area contributed by atoms with Crippen molar-refractivity contribution >= 4 is 23.4 Å². The summed E-state index contributed by atoms with van der Waals surface area (Å²) in [5.41, 5.74) is 1.63. The summed E-state index contributed by atoms with van der Waals surface area (Å²) in [5, 5.41) is 2.87. The number of nitrogens with zero attached hydrogens (tertiary/aromatic N) is 2. The van der Waals surface area contributed by atoms with Gasteiger partial charge < -0.3 is 15.1 Å². The highest BCUT2D eigenvalue weighted by Crippen LogP contribution is 2.38. The third-order valence-electron chi connectivity index (χ3n) is 6.09. The quantitative estimate of drug-likeness (QED) is 0.882. The molecule has 1 aromatic rings. The van der Waals surface area contributed by atoms with Crippen molar-refractivity contribution < 1.29 is 14.4 Å². The zero-order valence-electron chi connectivity index (χ0n) is 15.4. The molecule has 0 unspecified atom stereocenters. The van der Waals surface area contributed by atoms with Gasteiger partial charge in [0.2, 0.25) is 11.8 Å². The van der Waals surface area contributed by atoms with E-state index < -0.39 is 5.41 Å². The fourth-order valence-electron chi connectivity index (χ4n) is 3.93. The summed E-state index contributed by atoms with van der Waals surface area (Å²) < 4.78 is 0. The Balaban J connectivity index is 1.44. The van der Waals surface area contributed by atoms with Gasteiger partial charge in [0, 0.05) is 43.3 Å². The summed E-state index contributed by atoms with van der Waals surface area (Å²) in [4.78, 5) is 41.0. The molecule has 0 bridgehead atoms. The first kappa shape index (κ1) is 17.1. The molecule has 2 fully saturated rings. The molecule has 4 rings (SSSR count). The van der Waals surface area contributed by atoms with Crippen molar-refractivity contribution in [3.05, 3.63) is 29.3 Å². The number of fused-ring (bicyclic) bond motifs is 1. The SMILES string of the molecule is CC1(C)C(=O)Nc2ccc(C(=O)N3CCN(C(=O)C4CCC4)CC3)cc21. The molecule has 0 aromatic heterocycles. The van der Waals surface area contributed by atoms with Crippen LogP contribution in [0.2, 0.25) is 0 Å². The molecule has 1 saturated carbocycles. The van der Waals surface area contributed by atoms with Gasteiger partial charge in [-0.3, -0.25) is 14.4 Å². The van der Waals surface area contributed by atoms with Crippen molar-refractivity contribution in [1.29, 1.82) is 0 Å². The lowest BCUT2D eigenvalue weighted by atomic mass is 9.84. The summed E-state index contributed by atoms with van der Waals surface area (Å²) in [6.07, 6.45) is 3.17. The summed E-state index contributed by atoms with van der Waals surface area (Å²) in [5.74, 6) is 0.396. The van der Waals surface area contributed by atoms with Gasteiger partial charge in [0.25, 0.3) is 5.91 Å². The van der Waals surface area contributed by atoms with Gasteiger partial charge >= 0.3 is 0 Å². The van der Waals surface area contributed by atoms with E-state index in [1.807, 2.05) is 35.8 Å². The van der Waals surface area contributed by atoms with Crippen LogP contribution in [0.15, 0.2) is 18.2 Å². The molecule has 6 heteroatoms. The van der Waals surface area contributed by atoms with E-state index >= 15 is 0 Å². The van der Waals surface area contributed by atoms with Crippen LogP contribution in [0.1, 0.15) is 49.0 Å². The second-order valence-corrected chi connectivity index (χ2v) is 8.08. The first-order valence-electron chi connectivity index (χ1n) is 9.42. The highest BCUT2D eigenvalue weighted by molar-refractivity contribution is 6.07. The van der Waals surface area contributed by atoms with Gasteiger partial charge in [-0.1, -0.05) is 6.42 Å². The van der Waals surface area contributed by atoms with Gasteiger partial charge in [-0.15, -0.1) is 0 Å². The minimum Gasteiger partial charge on any atom is -0.339 e. The highest BCUT2D eigenvalue weighted by Gasteiger charge is 2.39. The minimum absolute atomic E-state index is 0.0290. The maximum atomic E-state index is 12.9. The molecule has 3 aliphatic rings. The fraction of sp³-hybridized carbons (Fsp3) is 0.550. The molecule has 1 aliphatic carbocycles. The maximum absolute atomic E-state index is 12.9. The number of anilines is 1. The number of carbonyl (C=O) groups is 3. The van der Waals surface area contributed by atoms with Gasteiger partial charge in [-0.2, -0.15) is 0 Å². The Kier molecular flexibility index (Phi) is 4.01. The summed E-state index contributed by atoms with van der Waals surface area (Å²) in [7, 11) is 0. The van der Waals surface area contributed by atoms with Crippen LogP contribution in [0.3, 0.4) is 0 Å². The number of hydrogen-bond donors (Lipinski definition) is 1. The number of carbonyl (C=O) groups excluding carboxylic acids is 3. The topological polar surface area (TPSA) is 69.7 Å². The number of piperazine rings is 1. The minimum atomic E-state index is -0.625. The zero-order valence-corrected chi connectivity index (χ0v) is 15.4. The van der Waals surface area contributed by atoms with Gasteiger partial charge in [-0.25, -0.2) is 0 Å². The van der Waals surface area contributed by atoms with Crippen molar-refractivity contribution in [2.45, 2.75) is 38.5 Å². The Bertz CT molecular complexity index is 775. The van der Waals surface area contributed by atoms with E-state index in [0.717, 1.165) is 30.5 Å². The van der Waals surface area contributed by atoms with E-state index in [-0.39, 0.29) is 23.6 Å². The van der Waals surface area contributed by atoms with Crippen LogP contribution in [-0.2, 0) is 15.0 Å². The molecule has 26 heavy (non-hydrogen) atoms. The second kappa shape index (κ2) is 6.11. The standard InChI is InChI=1S/C20H25N3O3/c1-20(2)15-12-14(6-7-16(15)21-19(20)26)18(25)23-10-8-22(9-11-23)17(24)13-4-3-5-13/h6-7,12-13H,3-5,8-11H2,1-2H3,(H,21,26). The predicted molar refractivity (Wildman–Crippen MR) is 97.9 cm³/mol. The largest absolute Gasteiger partial charge is 0.339 e. The summed E-state index contributed by atoms with van der Waals surface area (Å²) in [6, 6.07) is 5.42. The molecule has 3 amide bonds. The van der Waals surface area contributed by atoms with Crippen molar-refractivity contribution in [3.8, 4) is 0 Å². The van der Waals surface area contributed by atoms with E-state index in [0.29, 0.717) is 31.7 Å². The maximum Gasteiger partial charge on any atom is 0.253 e. The van der Waals surface area contributed by atoms with Crippen LogP contribution < -0.4 is 5.32 Å². The highest BCUT2D eigenvalue weighted by atomic mass is 16.2. The Morgan fingerprint density at radius 1 is 1.08 bits per heavy atom. The molecule has 1 N–H and O–H groups in total. The van der Waals surface area contributed by atoms with Gasteiger partial charge in [0.15, 0.2) is 0 Å². The summed E-state index contributed by atoms with van der Waals surface area (Å²) >= 11 is 0. The van der Waals surface area contributed by atoms with Crippen molar-refractivity contribution in [2.24, 2.45) is 5.92 Å². The Morgan fingerprint density at radius 3 is 2.35 bits per heavy atom. The lowest BCUT2D eigenvalue weighted by Crippen LogP contribution is -2.52. The predicted octanol–water partition coefficient (Wildman–Crippen LogP) is 2.00. The van der Waals surface area contributed by atoms with Crippen LogP contribution in [0, 0.1) is 5.92 Å². The number of hydrogen-bond acceptors (Lipinski definition) is 3. The van der Waals surface area contributed by atoms with E-state index in [1.165, 1.54) is 0 Å². The first-order valence-corrected chi connectivity index (χ1v) is 9.42. The molecule has 0 radical (unpaired) electrons. The van der Waals surface area contributed by atoms with Crippen LogP contribution in [0.5, 0.6) is 0 Å². The molecule has 0 spiro atoms. The Morgan fingerprint density at radius 2 is 1.73 bits per heavy atom. The third kappa shape index (κ3) is 2.68.